The zero-order valence-electron chi connectivity index (χ0n) is 15.8. The maximum absolute atomic E-state index is 12.5. The number of fused-ring (bicyclic) bond motifs is 1. The van der Waals surface area contributed by atoms with Crippen LogP contribution in [0.4, 0.5) is 5.69 Å². The minimum atomic E-state index is -0.336. The number of nitrogens with zero attached hydrogens (tertiary/aromatic N) is 2. The summed E-state index contributed by atoms with van der Waals surface area (Å²) in [7, 11) is 0. The number of nitrogens with one attached hydrogen (secondary N) is 2. The van der Waals surface area contributed by atoms with Gasteiger partial charge in [0.15, 0.2) is 0 Å². The highest BCUT2D eigenvalue weighted by molar-refractivity contribution is 5.97. The molecule has 0 radical (unpaired) electrons. The van der Waals surface area contributed by atoms with E-state index in [1.807, 2.05) is 44.3 Å². The van der Waals surface area contributed by atoms with Crippen molar-refractivity contribution in [1.29, 1.82) is 0 Å². The Labute approximate surface area is 162 Å². The van der Waals surface area contributed by atoms with Crippen LogP contribution in [0.25, 0.3) is 10.9 Å². The van der Waals surface area contributed by atoms with Gasteiger partial charge in [-0.2, -0.15) is 0 Å². The molecule has 1 saturated heterocycles. The van der Waals surface area contributed by atoms with E-state index in [2.05, 4.69) is 15.3 Å². The molecule has 1 aromatic carbocycles. The molecule has 7 nitrogen and oxygen atoms in total. The predicted octanol–water partition coefficient (Wildman–Crippen LogP) is 3.55. The van der Waals surface area contributed by atoms with Gasteiger partial charge in [-0.1, -0.05) is 6.07 Å². The number of benzene rings is 1. The molecule has 3 aromatic rings. The van der Waals surface area contributed by atoms with Crippen LogP contribution in [-0.4, -0.2) is 39.3 Å². The van der Waals surface area contributed by atoms with Crippen LogP contribution in [0.3, 0.4) is 0 Å². The number of carbonyl (C=O) groups excluding carboxylic acids is 2. The van der Waals surface area contributed by atoms with E-state index in [-0.39, 0.29) is 30.2 Å². The number of H-pyrrole nitrogens is 1. The standard InChI is InChI=1S/C21H22N4O3/c1-13(2)25-12-14(10-20(25)26)21(27)24-15-6-7-19(23-11-15)28-18-5-3-4-17-16(18)8-9-22-17/h3-9,11,13-14,22H,10,12H2,1-2H3,(H,24,27)/t14-/m1/s1. The van der Waals surface area contributed by atoms with Gasteiger partial charge in [0.05, 0.1) is 17.8 Å². The molecular formula is C21H22N4O3. The van der Waals surface area contributed by atoms with Crippen LogP contribution >= 0.6 is 0 Å². The van der Waals surface area contributed by atoms with Crippen molar-refractivity contribution in [1.82, 2.24) is 14.9 Å². The normalized spacial score (nSPS) is 16.8. The van der Waals surface area contributed by atoms with Crippen LogP contribution in [0.2, 0.25) is 0 Å². The fraction of sp³-hybridized carbons (Fsp3) is 0.286. The van der Waals surface area contributed by atoms with Gasteiger partial charge in [-0.05, 0) is 38.1 Å². The van der Waals surface area contributed by atoms with Crippen LogP contribution in [0, 0.1) is 5.92 Å². The average Bonchev–Trinajstić information content (AvgIpc) is 3.30. The van der Waals surface area contributed by atoms with Crippen molar-refractivity contribution in [3.63, 3.8) is 0 Å². The number of aromatic amines is 1. The molecule has 2 amide bonds. The third-order valence-corrected chi connectivity index (χ3v) is 4.93. The van der Waals surface area contributed by atoms with Gasteiger partial charge in [0.2, 0.25) is 17.7 Å². The van der Waals surface area contributed by atoms with Gasteiger partial charge in [0.25, 0.3) is 0 Å². The first-order chi connectivity index (χ1) is 13.5. The molecule has 144 valence electrons. The quantitative estimate of drug-likeness (QED) is 0.711. The van der Waals surface area contributed by atoms with Gasteiger partial charge in [0, 0.05) is 42.2 Å². The molecule has 1 aliphatic heterocycles. The number of pyridine rings is 1. The highest BCUT2D eigenvalue weighted by atomic mass is 16.5. The lowest BCUT2D eigenvalue weighted by Gasteiger charge is -2.20. The topological polar surface area (TPSA) is 87.3 Å². The summed E-state index contributed by atoms with van der Waals surface area (Å²) in [5, 5.41) is 3.81. The van der Waals surface area contributed by atoms with Crippen molar-refractivity contribution in [3.05, 3.63) is 48.8 Å². The third kappa shape index (κ3) is 3.55. The molecule has 1 fully saturated rings. The molecule has 0 saturated carbocycles. The van der Waals surface area contributed by atoms with Gasteiger partial charge in [-0.15, -0.1) is 0 Å². The van der Waals surface area contributed by atoms with Gasteiger partial charge in [-0.25, -0.2) is 4.98 Å². The van der Waals surface area contributed by atoms with Crippen molar-refractivity contribution in [2.75, 3.05) is 11.9 Å². The van der Waals surface area contributed by atoms with E-state index in [4.69, 9.17) is 4.74 Å². The maximum atomic E-state index is 12.5. The smallest absolute Gasteiger partial charge is 0.229 e. The first-order valence-corrected chi connectivity index (χ1v) is 9.31. The van der Waals surface area contributed by atoms with Crippen molar-refractivity contribution >= 4 is 28.4 Å². The monoisotopic (exact) mass is 378 g/mol. The summed E-state index contributed by atoms with van der Waals surface area (Å²) in [4.78, 5) is 33.6. The lowest BCUT2D eigenvalue weighted by Crippen LogP contribution is -2.33. The Morgan fingerprint density at radius 1 is 1.29 bits per heavy atom. The second kappa shape index (κ2) is 7.34. The summed E-state index contributed by atoms with van der Waals surface area (Å²) in [6.07, 6.45) is 3.67. The highest BCUT2D eigenvalue weighted by Crippen LogP contribution is 2.29. The Kier molecular flexibility index (Phi) is 4.73. The Bertz CT molecular complexity index is 1010. The molecule has 1 aliphatic rings. The van der Waals surface area contributed by atoms with E-state index in [0.717, 1.165) is 10.9 Å². The molecular weight excluding hydrogens is 356 g/mol. The largest absolute Gasteiger partial charge is 0.438 e. The van der Waals surface area contributed by atoms with E-state index in [9.17, 15) is 9.59 Å². The molecule has 4 rings (SSSR count). The van der Waals surface area contributed by atoms with E-state index >= 15 is 0 Å². The van der Waals surface area contributed by atoms with Gasteiger partial charge in [0.1, 0.15) is 5.75 Å². The Hall–Kier alpha value is -3.35. The SMILES string of the molecule is CC(C)N1C[C@H](C(=O)Nc2ccc(Oc3cccc4[nH]ccc34)nc2)CC1=O. The molecule has 0 bridgehead atoms. The average molecular weight is 378 g/mol. The van der Waals surface area contributed by atoms with Crippen LogP contribution < -0.4 is 10.1 Å². The highest BCUT2D eigenvalue weighted by Gasteiger charge is 2.35. The molecule has 1 atom stereocenters. The van der Waals surface area contributed by atoms with Crippen molar-refractivity contribution in [3.8, 4) is 11.6 Å². The third-order valence-electron chi connectivity index (χ3n) is 4.93. The Balaban J connectivity index is 1.40. The fourth-order valence-corrected chi connectivity index (χ4v) is 3.42. The number of rotatable bonds is 5. The molecule has 3 heterocycles. The molecule has 0 aliphatic carbocycles. The number of aromatic nitrogens is 2. The van der Waals surface area contributed by atoms with Gasteiger partial charge in [-0.3, -0.25) is 9.59 Å². The van der Waals surface area contributed by atoms with E-state index in [1.54, 1.807) is 23.2 Å². The van der Waals surface area contributed by atoms with Crippen molar-refractivity contribution in [2.45, 2.75) is 26.3 Å². The predicted molar refractivity (Wildman–Crippen MR) is 106 cm³/mol. The molecule has 2 aromatic heterocycles. The lowest BCUT2D eigenvalue weighted by atomic mass is 10.1. The molecule has 2 N–H and O–H groups in total. The van der Waals surface area contributed by atoms with E-state index in [1.165, 1.54) is 0 Å². The molecule has 28 heavy (non-hydrogen) atoms. The lowest BCUT2D eigenvalue weighted by molar-refractivity contribution is -0.129. The number of amides is 2. The Morgan fingerprint density at radius 2 is 2.14 bits per heavy atom. The van der Waals surface area contributed by atoms with Crippen LogP contribution in [0.5, 0.6) is 11.6 Å². The summed E-state index contributed by atoms with van der Waals surface area (Å²) in [5.74, 6) is 0.673. The number of ether oxygens (including phenoxy) is 1. The maximum Gasteiger partial charge on any atom is 0.229 e. The first-order valence-electron chi connectivity index (χ1n) is 9.31. The number of anilines is 1. The number of hydrogen-bond acceptors (Lipinski definition) is 4. The molecule has 7 heteroatoms. The Morgan fingerprint density at radius 3 is 2.86 bits per heavy atom. The van der Waals surface area contributed by atoms with E-state index < -0.39 is 0 Å². The number of carbonyl (C=O) groups is 2. The van der Waals surface area contributed by atoms with Gasteiger partial charge < -0.3 is 19.9 Å². The van der Waals surface area contributed by atoms with Crippen molar-refractivity contribution in [2.24, 2.45) is 5.92 Å². The van der Waals surface area contributed by atoms with Crippen molar-refractivity contribution < 1.29 is 14.3 Å². The molecule has 0 spiro atoms. The second-order valence-electron chi connectivity index (χ2n) is 7.21. The van der Waals surface area contributed by atoms with Crippen LogP contribution in [0.15, 0.2) is 48.8 Å². The summed E-state index contributed by atoms with van der Waals surface area (Å²) < 4.78 is 5.87. The summed E-state index contributed by atoms with van der Waals surface area (Å²) in [6, 6.07) is 11.3. The second-order valence-corrected chi connectivity index (χ2v) is 7.21. The van der Waals surface area contributed by atoms with Crippen LogP contribution in [-0.2, 0) is 9.59 Å². The van der Waals surface area contributed by atoms with Gasteiger partial charge >= 0.3 is 0 Å². The number of likely N-dealkylation sites (tertiary alicyclic amines) is 1. The van der Waals surface area contributed by atoms with E-state index in [0.29, 0.717) is 23.9 Å². The minimum Gasteiger partial charge on any atom is -0.438 e. The summed E-state index contributed by atoms with van der Waals surface area (Å²) in [6.45, 7) is 4.36. The first kappa shape index (κ1) is 18.0. The van der Waals surface area contributed by atoms with Crippen LogP contribution in [0.1, 0.15) is 20.3 Å². The summed E-state index contributed by atoms with van der Waals surface area (Å²) >= 11 is 0. The zero-order valence-corrected chi connectivity index (χ0v) is 15.8. The fourth-order valence-electron chi connectivity index (χ4n) is 3.42. The minimum absolute atomic E-state index is 0.0240. The number of hydrogen-bond donors (Lipinski definition) is 2. The summed E-state index contributed by atoms with van der Waals surface area (Å²) in [5.41, 5.74) is 1.57. The zero-order chi connectivity index (χ0) is 19.7. The molecule has 0 unspecified atom stereocenters.